The minimum atomic E-state index is 0.765. The summed E-state index contributed by atoms with van der Waals surface area (Å²) in [5.41, 5.74) is 1.20. The smallest absolute Gasteiger partial charge is 0.193 e. The number of ether oxygens (including phenoxy) is 1. The van der Waals surface area contributed by atoms with Crippen LogP contribution in [0.15, 0.2) is 27.7 Å². The van der Waals surface area contributed by atoms with E-state index in [1.54, 1.807) is 7.11 Å². The van der Waals surface area contributed by atoms with Crippen molar-refractivity contribution < 1.29 is 4.74 Å². The summed E-state index contributed by atoms with van der Waals surface area (Å²) in [6.07, 6.45) is 2.49. The standard InChI is InChI=1S/C16H24BrN3O/c1-12-6-8-20(9-7-12)16(18-2)19-11-13-4-5-15(21-3)14(17)10-13/h4-5,10,12H,6-9,11H2,1-3H3,(H,18,19). The van der Waals surface area contributed by atoms with Crippen LogP contribution in [0.5, 0.6) is 5.75 Å². The summed E-state index contributed by atoms with van der Waals surface area (Å²) in [6.45, 7) is 5.27. The number of nitrogens with zero attached hydrogens (tertiary/aromatic N) is 2. The van der Waals surface area contributed by atoms with Crippen LogP contribution < -0.4 is 10.1 Å². The largest absolute Gasteiger partial charge is 0.496 e. The van der Waals surface area contributed by atoms with E-state index in [1.165, 1.54) is 18.4 Å². The van der Waals surface area contributed by atoms with Crippen LogP contribution in [-0.4, -0.2) is 38.1 Å². The topological polar surface area (TPSA) is 36.9 Å². The third-order valence-corrected chi connectivity index (χ3v) is 4.58. The molecule has 21 heavy (non-hydrogen) atoms. The van der Waals surface area contributed by atoms with Crippen molar-refractivity contribution >= 4 is 21.9 Å². The molecule has 0 amide bonds. The van der Waals surface area contributed by atoms with Gasteiger partial charge in [0.25, 0.3) is 0 Å². The van der Waals surface area contributed by atoms with Gasteiger partial charge in [0.15, 0.2) is 5.96 Å². The summed E-state index contributed by atoms with van der Waals surface area (Å²) < 4.78 is 6.23. The number of halogens is 1. The first-order valence-corrected chi connectivity index (χ1v) is 8.21. The highest BCUT2D eigenvalue weighted by Crippen LogP contribution is 2.25. The molecule has 0 spiro atoms. The molecular formula is C16H24BrN3O. The number of aliphatic imine (C=N–C) groups is 1. The van der Waals surface area contributed by atoms with Gasteiger partial charge >= 0.3 is 0 Å². The zero-order valence-corrected chi connectivity index (χ0v) is 14.6. The van der Waals surface area contributed by atoms with Gasteiger partial charge in [0.05, 0.1) is 11.6 Å². The van der Waals surface area contributed by atoms with E-state index < -0.39 is 0 Å². The fraction of sp³-hybridized carbons (Fsp3) is 0.562. The molecule has 1 heterocycles. The molecule has 1 aliphatic rings. The minimum absolute atomic E-state index is 0.765. The Morgan fingerprint density at radius 1 is 1.43 bits per heavy atom. The van der Waals surface area contributed by atoms with Gasteiger partial charge in [-0.2, -0.15) is 0 Å². The minimum Gasteiger partial charge on any atom is -0.496 e. The molecule has 0 saturated carbocycles. The third kappa shape index (κ3) is 4.37. The fourth-order valence-corrected chi connectivity index (χ4v) is 3.14. The molecule has 1 aromatic carbocycles. The monoisotopic (exact) mass is 353 g/mol. The van der Waals surface area contributed by atoms with Crippen molar-refractivity contribution in [2.75, 3.05) is 27.2 Å². The van der Waals surface area contributed by atoms with Gasteiger partial charge in [0, 0.05) is 26.7 Å². The van der Waals surface area contributed by atoms with Crippen LogP contribution in [0.25, 0.3) is 0 Å². The number of methoxy groups -OCH3 is 1. The molecule has 1 saturated heterocycles. The second-order valence-electron chi connectivity index (χ2n) is 5.54. The summed E-state index contributed by atoms with van der Waals surface area (Å²) >= 11 is 3.52. The van der Waals surface area contributed by atoms with Crippen molar-refractivity contribution in [1.29, 1.82) is 0 Å². The van der Waals surface area contributed by atoms with Gasteiger partial charge in [-0.25, -0.2) is 0 Å². The summed E-state index contributed by atoms with van der Waals surface area (Å²) in [4.78, 5) is 6.75. The van der Waals surface area contributed by atoms with E-state index in [4.69, 9.17) is 4.74 Å². The summed E-state index contributed by atoms with van der Waals surface area (Å²) in [7, 11) is 3.53. The van der Waals surface area contributed by atoms with Crippen LogP contribution in [0.1, 0.15) is 25.3 Å². The van der Waals surface area contributed by atoms with Crippen molar-refractivity contribution in [3.8, 4) is 5.75 Å². The number of benzene rings is 1. The van der Waals surface area contributed by atoms with Crippen LogP contribution in [0.4, 0.5) is 0 Å². The zero-order chi connectivity index (χ0) is 15.2. The highest BCUT2D eigenvalue weighted by molar-refractivity contribution is 9.10. The molecule has 2 rings (SSSR count). The van der Waals surface area contributed by atoms with Crippen molar-refractivity contribution in [2.45, 2.75) is 26.3 Å². The Morgan fingerprint density at radius 3 is 2.71 bits per heavy atom. The Balaban J connectivity index is 1.93. The molecule has 0 bridgehead atoms. The number of hydrogen-bond acceptors (Lipinski definition) is 2. The van der Waals surface area contributed by atoms with E-state index in [0.29, 0.717) is 0 Å². The lowest BCUT2D eigenvalue weighted by molar-refractivity contribution is 0.273. The second-order valence-corrected chi connectivity index (χ2v) is 6.39. The van der Waals surface area contributed by atoms with Crippen LogP contribution >= 0.6 is 15.9 Å². The lowest BCUT2D eigenvalue weighted by atomic mass is 10.00. The first-order chi connectivity index (χ1) is 10.1. The molecule has 0 radical (unpaired) electrons. The van der Waals surface area contributed by atoms with Gasteiger partial charge in [0.2, 0.25) is 0 Å². The molecule has 116 valence electrons. The van der Waals surface area contributed by atoms with E-state index in [9.17, 15) is 0 Å². The highest BCUT2D eigenvalue weighted by atomic mass is 79.9. The van der Waals surface area contributed by atoms with Gasteiger partial charge in [0.1, 0.15) is 5.75 Å². The van der Waals surface area contributed by atoms with Gasteiger partial charge in [-0.15, -0.1) is 0 Å². The van der Waals surface area contributed by atoms with E-state index in [0.717, 1.165) is 41.7 Å². The SMILES string of the molecule is CN=C(NCc1ccc(OC)c(Br)c1)N1CCC(C)CC1. The lowest BCUT2D eigenvalue weighted by Gasteiger charge is -2.32. The first-order valence-electron chi connectivity index (χ1n) is 7.42. The maximum absolute atomic E-state index is 5.25. The molecule has 1 aliphatic heterocycles. The fourth-order valence-electron chi connectivity index (χ4n) is 2.55. The van der Waals surface area contributed by atoms with Crippen LogP contribution in [-0.2, 0) is 6.54 Å². The van der Waals surface area contributed by atoms with Crippen molar-refractivity contribution in [2.24, 2.45) is 10.9 Å². The number of guanidine groups is 1. The van der Waals surface area contributed by atoms with Gasteiger partial charge in [-0.05, 0) is 52.4 Å². The Morgan fingerprint density at radius 2 is 2.14 bits per heavy atom. The number of hydrogen-bond donors (Lipinski definition) is 1. The third-order valence-electron chi connectivity index (χ3n) is 3.96. The molecule has 5 heteroatoms. The zero-order valence-electron chi connectivity index (χ0n) is 13.0. The van der Waals surface area contributed by atoms with Crippen molar-refractivity contribution in [3.05, 3.63) is 28.2 Å². The molecular weight excluding hydrogens is 330 g/mol. The molecule has 0 aromatic heterocycles. The van der Waals surface area contributed by atoms with E-state index in [2.05, 4.69) is 50.2 Å². The number of piperidine rings is 1. The van der Waals surface area contributed by atoms with Gasteiger partial charge in [-0.3, -0.25) is 4.99 Å². The maximum atomic E-state index is 5.25. The van der Waals surface area contributed by atoms with E-state index in [1.807, 2.05) is 13.1 Å². The van der Waals surface area contributed by atoms with Crippen LogP contribution in [0.2, 0.25) is 0 Å². The normalized spacial score (nSPS) is 17.0. The summed E-state index contributed by atoms with van der Waals surface area (Å²) in [5.74, 6) is 2.68. The van der Waals surface area contributed by atoms with Crippen LogP contribution in [0.3, 0.4) is 0 Å². The number of rotatable bonds is 3. The first kappa shape index (κ1) is 16.1. The Kier molecular flexibility index (Phi) is 5.91. The molecule has 1 aromatic rings. The Bertz CT molecular complexity index is 496. The number of likely N-dealkylation sites (tertiary alicyclic amines) is 1. The Hall–Kier alpha value is -1.23. The van der Waals surface area contributed by atoms with Crippen LogP contribution in [0, 0.1) is 5.92 Å². The summed E-state index contributed by atoms with van der Waals surface area (Å²) in [5, 5.41) is 3.45. The quantitative estimate of drug-likeness (QED) is 0.669. The number of nitrogens with one attached hydrogen (secondary N) is 1. The maximum Gasteiger partial charge on any atom is 0.193 e. The average molecular weight is 354 g/mol. The van der Waals surface area contributed by atoms with E-state index >= 15 is 0 Å². The van der Waals surface area contributed by atoms with Gasteiger partial charge in [-0.1, -0.05) is 13.0 Å². The highest BCUT2D eigenvalue weighted by Gasteiger charge is 2.18. The summed E-state index contributed by atoms with van der Waals surface area (Å²) in [6, 6.07) is 6.13. The predicted molar refractivity (Wildman–Crippen MR) is 90.9 cm³/mol. The lowest BCUT2D eigenvalue weighted by Crippen LogP contribution is -2.45. The average Bonchev–Trinajstić information content (AvgIpc) is 2.49. The molecule has 4 nitrogen and oxygen atoms in total. The van der Waals surface area contributed by atoms with E-state index in [-0.39, 0.29) is 0 Å². The molecule has 1 N–H and O–H groups in total. The van der Waals surface area contributed by atoms with Crippen molar-refractivity contribution in [3.63, 3.8) is 0 Å². The predicted octanol–water partition coefficient (Wildman–Crippen LogP) is 3.27. The molecule has 0 aliphatic carbocycles. The van der Waals surface area contributed by atoms with Gasteiger partial charge < -0.3 is 15.0 Å². The Labute approximate surface area is 135 Å². The van der Waals surface area contributed by atoms with Crippen molar-refractivity contribution in [1.82, 2.24) is 10.2 Å². The second kappa shape index (κ2) is 7.69. The molecule has 0 atom stereocenters. The molecule has 0 unspecified atom stereocenters. The molecule has 1 fully saturated rings.